The van der Waals surface area contributed by atoms with Crippen molar-refractivity contribution >= 4 is 40.2 Å². The van der Waals surface area contributed by atoms with E-state index in [1.165, 1.54) is 11.3 Å². The van der Waals surface area contributed by atoms with Crippen molar-refractivity contribution in [2.45, 2.75) is 6.54 Å². The van der Waals surface area contributed by atoms with Crippen LogP contribution in [0.3, 0.4) is 0 Å². The summed E-state index contributed by atoms with van der Waals surface area (Å²) in [6.07, 6.45) is 0. The van der Waals surface area contributed by atoms with Crippen molar-refractivity contribution in [3.8, 4) is 11.8 Å². The molecule has 0 saturated heterocycles. The average molecular weight is 311 g/mol. The van der Waals surface area contributed by atoms with E-state index in [1.807, 2.05) is 11.4 Å². The first-order valence-electron chi connectivity index (χ1n) is 5.48. The average Bonchev–Trinajstić information content (AvgIpc) is 3.02. The molecule has 2 aromatic heterocycles. The van der Waals surface area contributed by atoms with Gasteiger partial charge in [0.25, 0.3) is 5.91 Å². The van der Waals surface area contributed by atoms with Gasteiger partial charge in [0.05, 0.1) is 18.1 Å². The summed E-state index contributed by atoms with van der Waals surface area (Å²) >= 11 is 8.79. The fraction of sp³-hybridized carbons (Fsp3) is 0.154. The van der Waals surface area contributed by atoms with Crippen LogP contribution in [0, 0.1) is 11.8 Å². The number of hydrogen-bond acceptors (Lipinski definition) is 4. The molecule has 1 amide bonds. The van der Waals surface area contributed by atoms with Crippen LogP contribution in [0.5, 0.6) is 0 Å². The highest BCUT2D eigenvalue weighted by atomic mass is 35.5. The molecule has 0 spiro atoms. The Bertz CT molecular complexity index is 636. The highest BCUT2D eigenvalue weighted by Crippen LogP contribution is 2.22. The molecule has 0 aliphatic heterocycles. The monoisotopic (exact) mass is 310 g/mol. The smallest absolute Gasteiger partial charge is 0.263 e. The second-order valence-corrected chi connectivity index (χ2v) is 5.91. The van der Waals surface area contributed by atoms with E-state index in [-0.39, 0.29) is 5.91 Å². The third kappa shape index (κ3) is 3.82. The van der Waals surface area contributed by atoms with E-state index >= 15 is 0 Å². The Labute approximate surface area is 124 Å². The Kier molecular flexibility index (Phi) is 5.00. The predicted molar refractivity (Wildman–Crippen MR) is 80.8 cm³/mol. The van der Waals surface area contributed by atoms with Crippen molar-refractivity contribution in [2.24, 2.45) is 5.73 Å². The maximum absolute atomic E-state index is 11.9. The molecule has 2 aromatic rings. The second kappa shape index (κ2) is 6.73. The van der Waals surface area contributed by atoms with Crippen LogP contribution >= 0.6 is 34.3 Å². The third-order valence-corrected chi connectivity index (χ3v) is 4.51. The summed E-state index contributed by atoms with van der Waals surface area (Å²) in [7, 11) is 0. The van der Waals surface area contributed by atoms with E-state index in [1.54, 1.807) is 22.8 Å². The summed E-state index contributed by atoms with van der Waals surface area (Å²) in [6, 6.07) is 3.66. The van der Waals surface area contributed by atoms with Crippen LogP contribution < -0.4 is 11.1 Å². The van der Waals surface area contributed by atoms with Crippen molar-refractivity contribution in [1.82, 2.24) is 5.32 Å². The summed E-state index contributed by atoms with van der Waals surface area (Å²) in [6.45, 7) is 0.820. The Morgan fingerprint density at radius 3 is 3.00 bits per heavy atom. The Morgan fingerprint density at radius 2 is 2.32 bits per heavy atom. The van der Waals surface area contributed by atoms with Gasteiger partial charge in [-0.1, -0.05) is 23.4 Å². The fourth-order valence-electron chi connectivity index (χ4n) is 1.40. The molecule has 0 aliphatic rings. The summed E-state index contributed by atoms with van der Waals surface area (Å²) in [5.74, 6) is 5.60. The summed E-state index contributed by atoms with van der Waals surface area (Å²) in [5.41, 5.74) is 6.24. The molecule has 19 heavy (non-hydrogen) atoms. The van der Waals surface area contributed by atoms with Gasteiger partial charge in [0.1, 0.15) is 4.88 Å². The number of carbonyl (C=O) groups excluding carboxylic acids is 1. The van der Waals surface area contributed by atoms with Crippen molar-refractivity contribution in [3.63, 3.8) is 0 Å². The number of nitrogens with one attached hydrogen (secondary N) is 1. The molecule has 0 unspecified atom stereocenters. The molecule has 0 saturated carbocycles. The minimum absolute atomic E-state index is 0.150. The van der Waals surface area contributed by atoms with Gasteiger partial charge in [0, 0.05) is 15.8 Å². The number of nitrogens with two attached hydrogens (primary N) is 1. The first-order valence-corrected chi connectivity index (χ1v) is 7.62. The first kappa shape index (κ1) is 14.1. The number of halogens is 1. The Balaban J connectivity index is 1.94. The molecule has 2 heterocycles. The van der Waals surface area contributed by atoms with Gasteiger partial charge in [-0.25, -0.2) is 0 Å². The molecular formula is C13H11ClN2OS2. The van der Waals surface area contributed by atoms with Crippen LogP contribution in [0.4, 0.5) is 0 Å². The molecular weight excluding hydrogens is 300 g/mol. The van der Waals surface area contributed by atoms with Crippen LogP contribution in [0.2, 0.25) is 5.02 Å². The lowest BCUT2D eigenvalue weighted by Crippen LogP contribution is -2.21. The Morgan fingerprint density at radius 1 is 1.47 bits per heavy atom. The number of amides is 1. The van der Waals surface area contributed by atoms with Crippen LogP contribution in [0.1, 0.15) is 20.1 Å². The summed E-state index contributed by atoms with van der Waals surface area (Å²) in [4.78, 5) is 13.4. The van der Waals surface area contributed by atoms with Crippen LogP contribution in [-0.4, -0.2) is 12.5 Å². The molecule has 0 fully saturated rings. The number of thiophene rings is 2. The highest BCUT2D eigenvalue weighted by molar-refractivity contribution is 7.12. The quantitative estimate of drug-likeness (QED) is 0.856. The fourth-order valence-corrected chi connectivity index (χ4v) is 3.21. The molecule has 0 atom stereocenters. The van der Waals surface area contributed by atoms with E-state index < -0.39 is 0 Å². The molecule has 3 nitrogen and oxygen atoms in total. The maximum Gasteiger partial charge on any atom is 0.263 e. The van der Waals surface area contributed by atoms with Gasteiger partial charge in [-0.15, -0.1) is 22.7 Å². The van der Waals surface area contributed by atoms with Crippen molar-refractivity contribution < 1.29 is 4.79 Å². The molecule has 0 bridgehead atoms. The van der Waals surface area contributed by atoms with Gasteiger partial charge in [0.2, 0.25) is 0 Å². The second-order valence-electron chi connectivity index (χ2n) is 3.59. The van der Waals surface area contributed by atoms with Crippen LogP contribution in [0.15, 0.2) is 22.9 Å². The van der Waals surface area contributed by atoms with Crippen LogP contribution in [-0.2, 0) is 6.54 Å². The minimum atomic E-state index is -0.150. The largest absolute Gasteiger partial charge is 0.346 e. The van der Waals surface area contributed by atoms with Gasteiger partial charge in [-0.05, 0) is 17.5 Å². The number of hydrogen-bond donors (Lipinski definition) is 2. The lowest BCUT2D eigenvalue weighted by molar-refractivity contribution is 0.0955. The molecule has 2 rings (SSSR count). The number of carbonyl (C=O) groups is 1. The van der Waals surface area contributed by atoms with Gasteiger partial charge in [-0.2, -0.15) is 0 Å². The highest BCUT2D eigenvalue weighted by Gasteiger charge is 2.11. The van der Waals surface area contributed by atoms with Gasteiger partial charge in [-0.3, -0.25) is 4.79 Å². The predicted octanol–water partition coefficient (Wildman–Crippen LogP) is 2.70. The maximum atomic E-state index is 11.9. The summed E-state index contributed by atoms with van der Waals surface area (Å²) < 4.78 is 0. The Hall–Kier alpha value is -1.32. The zero-order valence-electron chi connectivity index (χ0n) is 9.90. The van der Waals surface area contributed by atoms with Crippen molar-refractivity contribution in [2.75, 3.05) is 6.54 Å². The normalized spacial score (nSPS) is 9.79. The SMILES string of the molecule is NCC#Cc1csc(CNC(=O)c2sccc2Cl)c1. The molecule has 0 radical (unpaired) electrons. The molecule has 0 aliphatic carbocycles. The minimum Gasteiger partial charge on any atom is -0.346 e. The molecule has 3 N–H and O–H groups in total. The molecule has 6 heteroatoms. The lowest BCUT2D eigenvalue weighted by atomic mass is 10.3. The lowest BCUT2D eigenvalue weighted by Gasteiger charge is -2.01. The van der Waals surface area contributed by atoms with Gasteiger partial charge >= 0.3 is 0 Å². The van der Waals surface area contributed by atoms with Gasteiger partial charge < -0.3 is 11.1 Å². The van der Waals surface area contributed by atoms with Crippen LogP contribution in [0.25, 0.3) is 0 Å². The van der Waals surface area contributed by atoms with Gasteiger partial charge in [0.15, 0.2) is 0 Å². The van der Waals surface area contributed by atoms with E-state index in [4.69, 9.17) is 17.3 Å². The van der Waals surface area contributed by atoms with Crippen molar-refractivity contribution in [1.29, 1.82) is 0 Å². The van der Waals surface area contributed by atoms with E-state index in [9.17, 15) is 4.79 Å². The standard InChI is InChI=1S/C13H11ClN2OS2/c14-11-3-5-18-12(11)13(17)16-7-10-6-9(8-19-10)2-1-4-15/h3,5-6,8H,4,7,15H2,(H,16,17). The summed E-state index contributed by atoms with van der Waals surface area (Å²) in [5, 5.41) is 7.07. The van der Waals surface area contributed by atoms with E-state index in [2.05, 4.69) is 17.2 Å². The van der Waals surface area contributed by atoms with Crippen molar-refractivity contribution in [3.05, 3.63) is 43.2 Å². The number of rotatable bonds is 3. The van der Waals surface area contributed by atoms with E-state index in [0.29, 0.717) is 23.0 Å². The molecule has 98 valence electrons. The zero-order valence-corrected chi connectivity index (χ0v) is 12.3. The topological polar surface area (TPSA) is 55.1 Å². The third-order valence-electron chi connectivity index (χ3n) is 2.24. The zero-order chi connectivity index (χ0) is 13.7. The van der Waals surface area contributed by atoms with E-state index in [0.717, 1.165) is 10.4 Å². The molecule has 0 aromatic carbocycles. The first-order chi connectivity index (χ1) is 9.20.